The van der Waals surface area contributed by atoms with E-state index in [2.05, 4.69) is 5.32 Å². The van der Waals surface area contributed by atoms with Gasteiger partial charge in [0.25, 0.3) is 5.91 Å². The van der Waals surface area contributed by atoms with Crippen LogP contribution in [0.3, 0.4) is 0 Å². The minimum atomic E-state index is -0.623. The van der Waals surface area contributed by atoms with Crippen LogP contribution in [0.5, 0.6) is 0 Å². The van der Waals surface area contributed by atoms with Crippen LogP contribution in [0.2, 0.25) is 0 Å². The molecule has 204 valence electrons. The molecule has 40 heavy (non-hydrogen) atoms. The Morgan fingerprint density at radius 1 is 0.800 bits per heavy atom. The van der Waals surface area contributed by atoms with Crippen LogP contribution in [0, 0.1) is 5.92 Å². The highest BCUT2D eigenvalue weighted by Gasteiger charge is 2.40. The van der Waals surface area contributed by atoms with E-state index in [1.54, 1.807) is 35.2 Å². The monoisotopic (exact) mass is 537 g/mol. The molecule has 3 aromatic rings. The van der Waals surface area contributed by atoms with Crippen LogP contribution >= 0.6 is 0 Å². The number of carbonyl (C=O) groups excluding carboxylic acids is 4. The first-order valence-corrected chi connectivity index (χ1v) is 13.7. The molecule has 8 nitrogen and oxygen atoms in total. The third-order valence-electron chi connectivity index (χ3n) is 8.12. The van der Waals surface area contributed by atoms with Crippen LogP contribution in [0.4, 0.5) is 5.69 Å². The first-order chi connectivity index (χ1) is 19.5. The topological polar surface area (TPSA) is 96.0 Å². The third kappa shape index (κ3) is 4.74. The molecule has 6 rings (SSSR count). The Morgan fingerprint density at radius 2 is 1.48 bits per heavy atom. The summed E-state index contributed by atoms with van der Waals surface area (Å²) in [6.45, 7) is 2.13. The predicted octanol–water partition coefficient (Wildman–Crippen LogP) is 4.30. The van der Waals surface area contributed by atoms with Crippen LogP contribution < -0.4 is 5.32 Å². The molecule has 2 unspecified atom stereocenters. The molecule has 8 heteroatoms. The van der Waals surface area contributed by atoms with Gasteiger partial charge in [0.05, 0.1) is 30.2 Å². The minimum absolute atomic E-state index is 0.0869. The molecule has 0 radical (unpaired) electrons. The number of ketones is 1. The maximum atomic E-state index is 14.1. The lowest BCUT2D eigenvalue weighted by Gasteiger charge is -2.35. The number of anilines is 1. The van der Waals surface area contributed by atoms with Gasteiger partial charge in [0, 0.05) is 43.3 Å². The average Bonchev–Trinajstić information content (AvgIpc) is 3.86. The number of rotatable bonds is 5. The summed E-state index contributed by atoms with van der Waals surface area (Å²) in [7, 11) is 1.30. The fourth-order valence-corrected chi connectivity index (χ4v) is 5.79. The Bertz CT molecular complexity index is 1460. The smallest absolute Gasteiger partial charge is 0.338 e. The Kier molecular flexibility index (Phi) is 6.84. The summed E-state index contributed by atoms with van der Waals surface area (Å²) in [5.74, 6) is -1.06. The van der Waals surface area contributed by atoms with E-state index in [0.717, 1.165) is 24.0 Å². The Balaban J connectivity index is 1.27. The van der Waals surface area contributed by atoms with Gasteiger partial charge in [0.1, 0.15) is 0 Å². The van der Waals surface area contributed by atoms with Crippen molar-refractivity contribution < 1.29 is 23.9 Å². The molecule has 0 bridgehead atoms. The van der Waals surface area contributed by atoms with Crippen molar-refractivity contribution in [3.8, 4) is 0 Å². The largest absolute Gasteiger partial charge is 0.465 e. The quantitative estimate of drug-likeness (QED) is 0.488. The van der Waals surface area contributed by atoms with Crippen LogP contribution in [-0.2, 0) is 9.53 Å². The molecular weight excluding hydrogens is 506 g/mol. The Labute approximate surface area is 232 Å². The van der Waals surface area contributed by atoms with Crippen molar-refractivity contribution in [1.82, 2.24) is 9.80 Å². The molecule has 2 atom stereocenters. The number of piperazine rings is 1. The second-order valence-electron chi connectivity index (χ2n) is 10.6. The molecule has 1 aliphatic carbocycles. The van der Waals surface area contributed by atoms with Gasteiger partial charge < -0.3 is 19.9 Å². The zero-order chi connectivity index (χ0) is 27.8. The van der Waals surface area contributed by atoms with E-state index in [1.807, 2.05) is 47.4 Å². The van der Waals surface area contributed by atoms with Crippen molar-refractivity contribution in [2.75, 3.05) is 38.6 Å². The van der Waals surface area contributed by atoms with Gasteiger partial charge in [-0.1, -0.05) is 48.5 Å². The number of amides is 2. The normalized spacial score (nSPS) is 20.4. The molecule has 2 aliphatic heterocycles. The standard InChI is InChI=1S/C32H31N3O5/c1-40-32(39)24-8-5-9-25-27(24)29(36)26(28(33-25)21-6-3-2-4-7-21)20-10-12-22(13-11-20)30(37)34-16-18-35(19-17-34)31(38)23-14-15-23/h2-13,23,26,28,33H,14-19H2,1H3. The van der Waals surface area contributed by atoms with Gasteiger partial charge in [0.15, 0.2) is 5.78 Å². The van der Waals surface area contributed by atoms with Crippen LogP contribution in [-0.4, -0.2) is 66.7 Å². The Morgan fingerprint density at radius 3 is 2.12 bits per heavy atom. The maximum absolute atomic E-state index is 14.1. The number of nitrogens with zero attached hydrogens (tertiary/aromatic N) is 2. The summed E-state index contributed by atoms with van der Waals surface area (Å²) in [6.07, 6.45) is 1.95. The fourth-order valence-electron chi connectivity index (χ4n) is 5.79. The number of nitrogens with one attached hydrogen (secondary N) is 1. The predicted molar refractivity (Wildman–Crippen MR) is 149 cm³/mol. The maximum Gasteiger partial charge on any atom is 0.338 e. The first-order valence-electron chi connectivity index (χ1n) is 13.7. The average molecular weight is 538 g/mol. The second-order valence-corrected chi connectivity index (χ2v) is 10.6. The molecule has 2 fully saturated rings. The Hall–Kier alpha value is -4.46. The summed E-state index contributed by atoms with van der Waals surface area (Å²) >= 11 is 0. The molecule has 1 saturated heterocycles. The third-order valence-corrected chi connectivity index (χ3v) is 8.12. The number of benzene rings is 3. The lowest BCUT2D eigenvalue weighted by molar-refractivity contribution is -0.134. The van der Waals surface area contributed by atoms with E-state index in [9.17, 15) is 19.2 Å². The van der Waals surface area contributed by atoms with Crippen LogP contribution in [0.15, 0.2) is 72.8 Å². The van der Waals surface area contributed by atoms with E-state index in [0.29, 0.717) is 43.0 Å². The summed E-state index contributed by atoms with van der Waals surface area (Å²) in [4.78, 5) is 55.9. The SMILES string of the molecule is COC(=O)c1cccc2c1C(=O)C(c1ccc(C(=O)N3CCN(C(=O)C4CC4)CC3)cc1)C(c1ccccc1)N2. The number of carbonyl (C=O) groups is 4. The summed E-state index contributed by atoms with van der Waals surface area (Å²) < 4.78 is 4.95. The number of fused-ring (bicyclic) bond motifs is 1. The highest BCUT2D eigenvalue weighted by atomic mass is 16.5. The molecule has 0 spiro atoms. The van der Waals surface area contributed by atoms with Crippen molar-refractivity contribution in [1.29, 1.82) is 0 Å². The van der Waals surface area contributed by atoms with Crippen molar-refractivity contribution >= 4 is 29.3 Å². The number of esters is 1. The number of ether oxygens (including phenoxy) is 1. The van der Waals surface area contributed by atoms with Gasteiger partial charge in [-0.05, 0) is 48.2 Å². The van der Waals surface area contributed by atoms with E-state index in [4.69, 9.17) is 4.74 Å². The van der Waals surface area contributed by atoms with Crippen LogP contribution in [0.1, 0.15) is 67.0 Å². The van der Waals surface area contributed by atoms with E-state index >= 15 is 0 Å². The van der Waals surface area contributed by atoms with Gasteiger partial charge in [-0.25, -0.2) is 4.79 Å². The summed E-state index contributed by atoms with van der Waals surface area (Å²) in [6, 6.07) is 21.7. The van der Waals surface area contributed by atoms with E-state index in [-0.39, 0.29) is 35.1 Å². The first kappa shape index (κ1) is 25.8. The lowest BCUT2D eigenvalue weighted by atomic mass is 9.77. The number of hydrogen-bond acceptors (Lipinski definition) is 6. The number of Topliss-reactive ketones (excluding diaryl/α,β-unsaturated/α-hetero) is 1. The zero-order valence-corrected chi connectivity index (χ0v) is 22.3. The fraction of sp³-hybridized carbons (Fsp3) is 0.312. The van der Waals surface area contributed by atoms with Gasteiger partial charge in [-0.3, -0.25) is 14.4 Å². The van der Waals surface area contributed by atoms with Gasteiger partial charge in [0.2, 0.25) is 5.91 Å². The number of hydrogen-bond donors (Lipinski definition) is 1. The highest BCUT2D eigenvalue weighted by Crippen LogP contribution is 2.43. The molecule has 0 aromatic heterocycles. The minimum Gasteiger partial charge on any atom is -0.465 e. The second kappa shape index (κ2) is 10.6. The van der Waals surface area contributed by atoms with Crippen molar-refractivity contribution in [2.24, 2.45) is 5.92 Å². The van der Waals surface area contributed by atoms with Crippen LogP contribution in [0.25, 0.3) is 0 Å². The van der Waals surface area contributed by atoms with E-state index < -0.39 is 11.9 Å². The summed E-state index contributed by atoms with van der Waals surface area (Å²) in [5.41, 5.74) is 3.34. The molecule has 2 heterocycles. The lowest BCUT2D eigenvalue weighted by Crippen LogP contribution is -2.51. The molecule has 1 N–H and O–H groups in total. The highest BCUT2D eigenvalue weighted by molar-refractivity contribution is 6.14. The number of methoxy groups -OCH3 is 1. The summed E-state index contributed by atoms with van der Waals surface area (Å²) in [5, 5.41) is 3.49. The van der Waals surface area contributed by atoms with Crippen molar-refractivity contribution in [3.63, 3.8) is 0 Å². The molecule has 2 amide bonds. The molecule has 3 aromatic carbocycles. The van der Waals surface area contributed by atoms with Crippen molar-refractivity contribution in [3.05, 3.63) is 101 Å². The van der Waals surface area contributed by atoms with E-state index in [1.165, 1.54) is 7.11 Å². The molecular formula is C32H31N3O5. The van der Waals surface area contributed by atoms with Gasteiger partial charge in [-0.15, -0.1) is 0 Å². The molecule has 3 aliphatic rings. The van der Waals surface area contributed by atoms with Crippen molar-refractivity contribution in [2.45, 2.75) is 24.8 Å². The van der Waals surface area contributed by atoms with Gasteiger partial charge in [-0.2, -0.15) is 0 Å². The molecule has 1 saturated carbocycles. The van der Waals surface area contributed by atoms with Gasteiger partial charge >= 0.3 is 5.97 Å². The zero-order valence-electron chi connectivity index (χ0n) is 22.3.